The number of carboxylic acid groups (broad SMARTS) is 1. The van der Waals surface area contributed by atoms with Gasteiger partial charge in [0.25, 0.3) is 0 Å². The number of carbonyl (C=O) groups is 2. The lowest BCUT2D eigenvalue weighted by molar-refractivity contribution is -0.142. The third kappa shape index (κ3) is 6.97. The van der Waals surface area contributed by atoms with Crippen molar-refractivity contribution >= 4 is 12.1 Å². The van der Waals surface area contributed by atoms with Crippen LogP contribution in [0.25, 0.3) is 0 Å². The molecule has 19 heavy (non-hydrogen) atoms. The lowest BCUT2D eigenvalue weighted by atomic mass is 10.2. The average Bonchev–Trinajstić information content (AvgIpc) is 2.76. The quantitative estimate of drug-likeness (QED) is 0.738. The molecule has 1 saturated heterocycles. The lowest BCUT2D eigenvalue weighted by Gasteiger charge is -2.26. The van der Waals surface area contributed by atoms with E-state index in [4.69, 9.17) is 9.84 Å². The lowest BCUT2D eigenvalue weighted by Crippen LogP contribution is -2.43. The van der Waals surface area contributed by atoms with Gasteiger partial charge in [-0.15, -0.1) is 0 Å². The molecule has 2 N–H and O–H groups in total. The van der Waals surface area contributed by atoms with Crippen molar-refractivity contribution in [2.45, 2.75) is 45.3 Å². The topological polar surface area (TPSA) is 88.1 Å². The Balaban J connectivity index is 0.000000711. The van der Waals surface area contributed by atoms with Crippen molar-refractivity contribution in [2.75, 3.05) is 20.7 Å². The Hall–Kier alpha value is -1.34. The standard InChI is InChI=1S/C10H17NO4.C2H7NO/c1-10(2,3)15-9(14)11-6-4-5-7(11)8(12)13;1-3-4-2/h7H,4-6H2,1-3H3,(H,12,13);3H,1-2H3/t7-;/m0./s1. The Labute approximate surface area is 113 Å². The van der Waals surface area contributed by atoms with E-state index in [0.29, 0.717) is 13.0 Å². The summed E-state index contributed by atoms with van der Waals surface area (Å²) in [4.78, 5) is 28.0. The van der Waals surface area contributed by atoms with Crippen molar-refractivity contribution in [3.05, 3.63) is 0 Å². The molecule has 0 bridgehead atoms. The number of hydroxylamine groups is 1. The average molecular weight is 276 g/mol. The summed E-state index contributed by atoms with van der Waals surface area (Å²) < 4.78 is 5.13. The van der Waals surface area contributed by atoms with E-state index in [9.17, 15) is 9.59 Å². The van der Waals surface area contributed by atoms with Crippen LogP contribution in [0.3, 0.4) is 0 Å². The second-order valence-electron chi connectivity index (χ2n) is 5.08. The number of ether oxygens (including phenoxy) is 1. The molecule has 112 valence electrons. The summed E-state index contributed by atoms with van der Waals surface area (Å²) >= 11 is 0. The summed E-state index contributed by atoms with van der Waals surface area (Å²) in [7, 11) is 3.28. The minimum absolute atomic E-state index is 0.464. The summed E-state index contributed by atoms with van der Waals surface area (Å²) in [6, 6.07) is -0.722. The smallest absolute Gasteiger partial charge is 0.411 e. The van der Waals surface area contributed by atoms with E-state index >= 15 is 0 Å². The number of likely N-dealkylation sites (tertiary alicyclic amines) is 1. The molecule has 1 heterocycles. The van der Waals surface area contributed by atoms with Gasteiger partial charge in [0.05, 0.1) is 7.11 Å². The third-order valence-electron chi connectivity index (χ3n) is 2.37. The van der Waals surface area contributed by atoms with Crippen LogP contribution in [0.15, 0.2) is 0 Å². The summed E-state index contributed by atoms with van der Waals surface area (Å²) in [5.74, 6) is -0.960. The predicted octanol–water partition coefficient (Wildman–Crippen LogP) is 1.24. The number of hydrogen-bond acceptors (Lipinski definition) is 5. The predicted molar refractivity (Wildman–Crippen MR) is 69.7 cm³/mol. The fourth-order valence-corrected chi connectivity index (χ4v) is 1.56. The second kappa shape index (κ2) is 7.96. The van der Waals surface area contributed by atoms with Gasteiger partial charge in [-0.25, -0.2) is 15.1 Å². The molecule has 0 saturated carbocycles. The van der Waals surface area contributed by atoms with E-state index < -0.39 is 23.7 Å². The Bertz CT molecular complexity index is 299. The fraction of sp³-hybridized carbons (Fsp3) is 0.833. The van der Waals surface area contributed by atoms with Crippen LogP contribution in [-0.2, 0) is 14.4 Å². The number of aliphatic carboxylic acids is 1. The van der Waals surface area contributed by atoms with E-state index in [1.807, 2.05) is 0 Å². The maximum atomic E-state index is 11.6. The van der Waals surface area contributed by atoms with E-state index in [1.54, 1.807) is 34.9 Å². The number of nitrogens with one attached hydrogen (secondary N) is 1. The Morgan fingerprint density at radius 1 is 1.37 bits per heavy atom. The molecule has 7 nitrogen and oxygen atoms in total. The Morgan fingerprint density at radius 2 is 1.89 bits per heavy atom. The van der Waals surface area contributed by atoms with Crippen LogP contribution in [0.1, 0.15) is 33.6 Å². The highest BCUT2D eigenvalue weighted by Gasteiger charge is 2.36. The first kappa shape index (κ1) is 17.7. The maximum absolute atomic E-state index is 11.6. The van der Waals surface area contributed by atoms with Crippen molar-refractivity contribution in [1.29, 1.82) is 0 Å². The molecule has 1 atom stereocenters. The summed E-state index contributed by atoms with van der Waals surface area (Å²) in [6.45, 7) is 5.75. The molecule has 0 radical (unpaired) electrons. The molecule has 0 aliphatic carbocycles. The third-order valence-corrected chi connectivity index (χ3v) is 2.37. The Morgan fingerprint density at radius 3 is 2.26 bits per heavy atom. The number of nitrogens with zero attached hydrogens (tertiary/aromatic N) is 1. The Kier molecular flexibility index (Phi) is 7.40. The molecule has 1 aliphatic rings. The molecule has 0 unspecified atom stereocenters. The van der Waals surface area contributed by atoms with Gasteiger partial charge in [0, 0.05) is 13.6 Å². The van der Waals surface area contributed by atoms with Crippen LogP contribution in [-0.4, -0.2) is 54.4 Å². The van der Waals surface area contributed by atoms with Crippen LogP contribution in [0, 0.1) is 0 Å². The van der Waals surface area contributed by atoms with Crippen molar-refractivity contribution in [2.24, 2.45) is 0 Å². The zero-order chi connectivity index (χ0) is 15.1. The minimum atomic E-state index is -0.960. The van der Waals surface area contributed by atoms with Crippen LogP contribution >= 0.6 is 0 Å². The highest BCUT2D eigenvalue weighted by molar-refractivity contribution is 5.80. The van der Waals surface area contributed by atoms with E-state index in [2.05, 4.69) is 10.3 Å². The summed E-state index contributed by atoms with van der Waals surface area (Å²) in [6.07, 6.45) is 0.692. The SMILES string of the molecule is CC(C)(C)OC(=O)N1CCC[C@H]1C(=O)O.CNOC. The zero-order valence-corrected chi connectivity index (χ0v) is 12.2. The maximum Gasteiger partial charge on any atom is 0.411 e. The number of amides is 1. The van der Waals surface area contributed by atoms with Crippen molar-refractivity contribution < 1.29 is 24.3 Å². The van der Waals surface area contributed by atoms with E-state index in [-0.39, 0.29) is 0 Å². The van der Waals surface area contributed by atoms with Gasteiger partial charge in [0.15, 0.2) is 0 Å². The molecule has 1 aliphatic heterocycles. The summed E-state index contributed by atoms with van der Waals surface area (Å²) in [5, 5.41) is 8.88. The molecule has 1 rings (SSSR count). The number of carbonyl (C=O) groups excluding carboxylic acids is 1. The fourth-order valence-electron chi connectivity index (χ4n) is 1.56. The van der Waals surface area contributed by atoms with Gasteiger partial charge in [-0.1, -0.05) is 0 Å². The number of hydrogen-bond donors (Lipinski definition) is 2. The largest absolute Gasteiger partial charge is 0.480 e. The molecule has 0 aromatic carbocycles. The molecular formula is C12H24N2O5. The first-order chi connectivity index (χ1) is 8.72. The van der Waals surface area contributed by atoms with Crippen molar-refractivity contribution in [1.82, 2.24) is 10.4 Å². The monoisotopic (exact) mass is 276 g/mol. The molecule has 1 fully saturated rings. The highest BCUT2D eigenvalue weighted by Crippen LogP contribution is 2.20. The van der Waals surface area contributed by atoms with Gasteiger partial charge in [-0.05, 0) is 33.6 Å². The van der Waals surface area contributed by atoms with E-state index in [0.717, 1.165) is 6.42 Å². The van der Waals surface area contributed by atoms with Gasteiger partial charge >= 0.3 is 12.1 Å². The molecule has 0 aromatic heterocycles. The van der Waals surface area contributed by atoms with Gasteiger partial charge in [-0.2, -0.15) is 0 Å². The second-order valence-corrected chi connectivity index (χ2v) is 5.08. The summed E-state index contributed by atoms with van der Waals surface area (Å²) in [5.41, 5.74) is 1.85. The van der Waals surface area contributed by atoms with Gasteiger partial charge in [0.1, 0.15) is 11.6 Å². The zero-order valence-electron chi connectivity index (χ0n) is 12.2. The molecule has 7 heteroatoms. The molecular weight excluding hydrogens is 252 g/mol. The van der Waals surface area contributed by atoms with Crippen LogP contribution in [0.2, 0.25) is 0 Å². The molecule has 0 spiro atoms. The highest BCUT2D eigenvalue weighted by atomic mass is 16.6. The van der Waals surface area contributed by atoms with E-state index in [1.165, 1.54) is 4.90 Å². The van der Waals surface area contributed by atoms with Crippen LogP contribution in [0.5, 0.6) is 0 Å². The van der Waals surface area contributed by atoms with Crippen molar-refractivity contribution in [3.8, 4) is 0 Å². The number of rotatable bonds is 2. The molecule has 1 amide bonds. The van der Waals surface area contributed by atoms with Crippen molar-refractivity contribution in [3.63, 3.8) is 0 Å². The van der Waals surface area contributed by atoms with Crippen LogP contribution in [0.4, 0.5) is 4.79 Å². The first-order valence-corrected chi connectivity index (χ1v) is 6.15. The van der Waals surface area contributed by atoms with Gasteiger partial charge < -0.3 is 14.7 Å². The van der Waals surface area contributed by atoms with Crippen LogP contribution < -0.4 is 5.48 Å². The minimum Gasteiger partial charge on any atom is -0.480 e. The first-order valence-electron chi connectivity index (χ1n) is 6.15. The number of carboxylic acids is 1. The van der Waals surface area contributed by atoms with Gasteiger partial charge in [-0.3, -0.25) is 4.90 Å². The molecule has 0 aromatic rings. The van der Waals surface area contributed by atoms with Gasteiger partial charge in [0.2, 0.25) is 0 Å². The normalized spacial score (nSPS) is 18.6.